The lowest BCUT2D eigenvalue weighted by molar-refractivity contribution is -0.384. The Balaban J connectivity index is 2.14. The van der Waals surface area contributed by atoms with Crippen molar-refractivity contribution in [2.24, 2.45) is 0 Å². The van der Waals surface area contributed by atoms with Gasteiger partial charge >= 0.3 is 0 Å². The molecular weight excluding hydrogens is 382 g/mol. The second-order valence-electron chi connectivity index (χ2n) is 6.36. The third kappa shape index (κ3) is 1.92. The molecule has 5 aromatic rings. The van der Waals surface area contributed by atoms with Gasteiger partial charge in [-0.3, -0.25) is 29.3 Å². The first-order valence-electron chi connectivity index (χ1n) is 8.13. The lowest BCUT2D eigenvalue weighted by Gasteiger charge is -1.98. The minimum Gasteiger partial charge on any atom is -0.289 e. The number of fused-ring (bicyclic) bond motifs is 5. The van der Waals surface area contributed by atoms with Crippen molar-refractivity contribution in [3.8, 4) is 0 Å². The van der Waals surface area contributed by atoms with Crippen molar-refractivity contribution in [3.05, 3.63) is 93.5 Å². The average molecular weight is 389 g/mol. The molecule has 28 heavy (non-hydrogen) atoms. The average Bonchev–Trinajstić information content (AvgIpc) is 3.11. The number of nitrogens with zero attached hydrogens (tertiary/aromatic N) is 1. The normalized spacial score (nSPS) is 11.7. The van der Waals surface area contributed by atoms with E-state index in [1.807, 2.05) is 0 Å². The number of non-ortho nitro benzene ring substituents is 1. The number of thiophene rings is 1. The molecule has 0 unspecified atom stereocenters. The fraction of sp³-hybridized carbons (Fsp3) is 0. The highest BCUT2D eigenvalue weighted by Gasteiger charge is 2.22. The first-order valence-corrected chi connectivity index (χ1v) is 8.95. The van der Waals surface area contributed by atoms with Crippen molar-refractivity contribution < 1.29 is 4.92 Å². The van der Waals surface area contributed by atoms with Gasteiger partial charge in [0.2, 0.25) is 10.9 Å². The molecule has 0 amide bonds. The van der Waals surface area contributed by atoms with Gasteiger partial charge in [0, 0.05) is 33.7 Å². The van der Waals surface area contributed by atoms with Crippen LogP contribution in [0.15, 0.2) is 61.6 Å². The fourth-order valence-corrected chi connectivity index (χ4v) is 4.81. The molecule has 0 saturated carbocycles. The smallest absolute Gasteiger partial charge is 0.270 e. The Labute approximate surface area is 157 Å². The van der Waals surface area contributed by atoms with Crippen LogP contribution in [0.1, 0.15) is 0 Å². The van der Waals surface area contributed by atoms with Crippen LogP contribution < -0.4 is 21.7 Å². The van der Waals surface area contributed by atoms with Gasteiger partial charge in [0.25, 0.3) is 5.69 Å². The molecule has 8 heteroatoms. The van der Waals surface area contributed by atoms with Crippen molar-refractivity contribution in [1.29, 1.82) is 0 Å². The first-order chi connectivity index (χ1) is 13.4. The van der Waals surface area contributed by atoms with Gasteiger partial charge in [-0.1, -0.05) is 24.3 Å². The topological polar surface area (TPSA) is 111 Å². The van der Waals surface area contributed by atoms with Crippen LogP contribution in [0.4, 0.5) is 5.69 Å². The maximum Gasteiger partial charge on any atom is 0.270 e. The number of rotatable bonds is 1. The van der Waals surface area contributed by atoms with E-state index in [1.165, 1.54) is 18.2 Å². The Morgan fingerprint density at radius 3 is 1.75 bits per heavy atom. The molecule has 0 saturated heterocycles. The van der Waals surface area contributed by atoms with Crippen LogP contribution in [-0.2, 0) is 0 Å². The summed E-state index contributed by atoms with van der Waals surface area (Å²) in [6.07, 6.45) is 0. The Morgan fingerprint density at radius 2 is 1.18 bits per heavy atom. The van der Waals surface area contributed by atoms with Gasteiger partial charge in [0.1, 0.15) is 0 Å². The van der Waals surface area contributed by atoms with Gasteiger partial charge in [-0.15, -0.1) is 11.3 Å². The Morgan fingerprint density at radius 1 is 0.679 bits per heavy atom. The van der Waals surface area contributed by atoms with E-state index in [4.69, 9.17) is 0 Å². The van der Waals surface area contributed by atoms with E-state index in [0.717, 1.165) is 23.5 Å². The molecule has 0 atom stereocenters. The molecule has 0 spiro atoms. The summed E-state index contributed by atoms with van der Waals surface area (Å²) in [7, 11) is 0. The third-order valence-corrected chi connectivity index (χ3v) is 6.08. The van der Waals surface area contributed by atoms with E-state index >= 15 is 0 Å². The van der Waals surface area contributed by atoms with Crippen molar-refractivity contribution >= 4 is 58.7 Å². The van der Waals surface area contributed by atoms with Crippen LogP contribution >= 0.6 is 11.3 Å². The molecule has 0 aliphatic carbocycles. The summed E-state index contributed by atoms with van der Waals surface area (Å²) in [4.78, 5) is 62.2. The van der Waals surface area contributed by atoms with Crippen LogP contribution in [0.2, 0.25) is 0 Å². The molecular formula is C20H7NO6S. The van der Waals surface area contributed by atoms with Crippen molar-refractivity contribution in [2.45, 2.75) is 0 Å². The predicted octanol–water partition coefficient (Wildman–Crippen LogP) is 2.59. The Bertz CT molecular complexity index is 1720. The molecule has 0 radical (unpaired) electrons. The minimum absolute atomic E-state index is 0.0113. The van der Waals surface area contributed by atoms with Gasteiger partial charge in [-0.2, -0.15) is 0 Å². The highest BCUT2D eigenvalue weighted by molar-refractivity contribution is 7.25. The number of benzene rings is 4. The molecule has 1 heterocycles. The standard InChI is InChI=1S/C20H7NO6S/c22-15-9-3-1-2-4-10(9)17(24)19-13(15)14-16(23)11-6-5-8(21(26)27)7-12(11)18(25)20(14)28-19/h1-7H. The van der Waals surface area contributed by atoms with E-state index in [0.29, 0.717) is 0 Å². The van der Waals surface area contributed by atoms with Crippen LogP contribution in [0.3, 0.4) is 0 Å². The van der Waals surface area contributed by atoms with Crippen LogP contribution in [-0.4, -0.2) is 4.92 Å². The van der Waals surface area contributed by atoms with Gasteiger partial charge < -0.3 is 0 Å². The molecule has 1 aromatic heterocycles. The maximum atomic E-state index is 13.1. The fourth-order valence-electron chi connectivity index (χ4n) is 3.61. The summed E-state index contributed by atoms with van der Waals surface area (Å²) in [5.41, 5.74) is -2.39. The van der Waals surface area contributed by atoms with E-state index < -0.39 is 26.6 Å². The summed E-state index contributed by atoms with van der Waals surface area (Å²) in [6, 6.07) is 9.69. The zero-order chi connectivity index (χ0) is 19.7. The molecule has 0 bridgehead atoms. The third-order valence-electron chi connectivity index (χ3n) is 4.89. The first kappa shape index (κ1) is 16.4. The van der Waals surface area contributed by atoms with Gasteiger partial charge in [0.15, 0.2) is 10.9 Å². The molecule has 4 aromatic carbocycles. The summed E-state index contributed by atoms with van der Waals surface area (Å²) < 4.78 is 0.0233. The van der Waals surface area contributed by atoms with Crippen LogP contribution in [0.5, 0.6) is 0 Å². The predicted molar refractivity (Wildman–Crippen MR) is 108 cm³/mol. The van der Waals surface area contributed by atoms with Crippen molar-refractivity contribution in [1.82, 2.24) is 0 Å². The molecule has 134 valence electrons. The monoisotopic (exact) mass is 389 g/mol. The second-order valence-corrected chi connectivity index (χ2v) is 7.38. The minimum atomic E-state index is -0.656. The largest absolute Gasteiger partial charge is 0.289 e. The second kappa shape index (κ2) is 5.37. The summed E-state index contributed by atoms with van der Waals surface area (Å²) in [5.74, 6) is 0. The molecule has 0 aliphatic rings. The van der Waals surface area contributed by atoms with Crippen LogP contribution in [0, 0.1) is 10.1 Å². The number of nitro benzene ring substituents is 1. The highest BCUT2D eigenvalue weighted by Crippen LogP contribution is 2.29. The summed E-state index contributed by atoms with van der Waals surface area (Å²) in [5, 5.41) is 11.2. The summed E-state index contributed by atoms with van der Waals surface area (Å²) in [6.45, 7) is 0. The van der Waals surface area contributed by atoms with E-state index in [2.05, 4.69) is 0 Å². The molecule has 5 rings (SSSR count). The van der Waals surface area contributed by atoms with Gasteiger partial charge in [0.05, 0.1) is 25.1 Å². The maximum absolute atomic E-state index is 13.1. The number of hydrogen-bond donors (Lipinski definition) is 0. The summed E-state index contributed by atoms with van der Waals surface area (Å²) >= 11 is 0.792. The van der Waals surface area contributed by atoms with Gasteiger partial charge in [-0.05, 0) is 6.07 Å². The molecule has 7 nitrogen and oxygen atoms in total. The van der Waals surface area contributed by atoms with Crippen molar-refractivity contribution in [3.63, 3.8) is 0 Å². The van der Waals surface area contributed by atoms with E-state index in [-0.39, 0.29) is 47.4 Å². The Hall–Kier alpha value is -3.78. The van der Waals surface area contributed by atoms with Crippen LogP contribution in [0.25, 0.3) is 41.7 Å². The van der Waals surface area contributed by atoms with E-state index in [1.54, 1.807) is 12.1 Å². The zero-order valence-corrected chi connectivity index (χ0v) is 14.7. The van der Waals surface area contributed by atoms with Gasteiger partial charge in [-0.25, -0.2) is 0 Å². The highest BCUT2D eigenvalue weighted by atomic mass is 32.1. The lowest BCUT2D eigenvalue weighted by atomic mass is 10.0. The molecule has 0 aliphatic heterocycles. The number of nitro groups is 1. The lowest BCUT2D eigenvalue weighted by Crippen LogP contribution is -2.15. The quantitative estimate of drug-likeness (QED) is 0.322. The Kier molecular flexibility index (Phi) is 3.14. The zero-order valence-electron chi connectivity index (χ0n) is 13.8. The van der Waals surface area contributed by atoms with Crippen molar-refractivity contribution in [2.75, 3.05) is 0 Å². The number of hydrogen-bond acceptors (Lipinski definition) is 7. The van der Waals surface area contributed by atoms with E-state index in [9.17, 15) is 29.3 Å². The molecule has 0 N–H and O–H groups in total. The SMILES string of the molecule is O=c1c2ccccc2c(=O)c2c1sc1c(=O)c3cc([N+](=O)[O-])ccc3c(=O)c12. The molecule has 0 fully saturated rings.